The minimum Gasteiger partial charge on any atom is -0.379 e. The maximum absolute atomic E-state index is 12.3. The molecule has 2 heteroatoms. The van der Waals surface area contributed by atoms with Crippen LogP contribution in [-0.4, -0.2) is 10.1 Å². The lowest BCUT2D eigenvalue weighted by molar-refractivity contribution is 0.0635. The summed E-state index contributed by atoms with van der Waals surface area (Å²) >= 11 is 0. The molecule has 0 aliphatic heterocycles. The van der Waals surface area contributed by atoms with Gasteiger partial charge in [-0.3, -0.25) is 4.98 Å². The van der Waals surface area contributed by atoms with Crippen molar-refractivity contribution in [2.75, 3.05) is 0 Å². The fourth-order valence-electron chi connectivity index (χ4n) is 4.39. The summed E-state index contributed by atoms with van der Waals surface area (Å²) in [5.41, 5.74) is 5.14. The Bertz CT molecular complexity index is 1000. The van der Waals surface area contributed by atoms with Gasteiger partial charge in [-0.25, -0.2) is 0 Å². The van der Waals surface area contributed by atoms with Gasteiger partial charge in [0.1, 0.15) is 5.60 Å². The van der Waals surface area contributed by atoms with E-state index in [4.69, 9.17) is 0 Å². The summed E-state index contributed by atoms with van der Waals surface area (Å²) in [6, 6.07) is 30.5. The Morgan fingerprint density at radius 2 is 1.19 bits per heavy atom. The van der Waals surface area contributed by atoms with E-state index in [0.29, 0.717) is 0 Å². The van der Waals surface area contributed by atoms with E-state index in [0.717, 1.165) is 22.3 Å². The van der Waals surface area contributed by atoms with Crippen molar-refractivity contribution in [3.8, 4) is 11.1 Å². The second-order valence-corrected chi connectivity index (χ2v) is 6.98. The Morgan fingerprint density at radius 3 is 1.78 bits per heavy atom. The quantitative estimate of drug-likeness (QED) is 0.556. The maximum atomic E-state index is 12.3. The number of hydrogen-bond acceptors (Lipinski definition) is 2. The molecular weight excluding hydrogens is 330 g/mol. The van der Waals surface area contributed by atoms with Crippen molar-refractivity contribution in [1.29, 1.82) is 0 Å². The van der Waals surface area contributed by atoms with Crippen LogP contribution in [0.15, 0.2) is 103 Å². The molecule has 4 aromatic rings. The number of aromatic nitrogens is 1. The number of pyridine rings is 1. The predicted octanol–water partition coefficient (Wildman–Crippen LogP) is 5.13. The predicted molar refractivity (Wildman–Crippen MR) is 107 cm³/mol. The molecule has 5 rings (SSSR count). The first-order chi connectivity index (χ1) is 13.3. The highest BCUT2D eigenvalue weighted by Gasteiger charge is 2.46. The van der Waals surface area contributed by atoms with Crippen molar-refractivity contribution in [1.82, 2.24) is 4.98 Å². The molecule has 27 heavy (non-hydrogen) atoms. The summed E-state index contributed by atoms with van der Waals surface area (Å²) in [5.74, 6) is -0.198. The topological polar surface area (TPSA) is 33.1 Å². The molecule has 0 fully saturated rings. The minimum atomic E-state index is -1.21. The normalized spacial score (nSPS) is 15.0. The number of hydrogen-bond donors (Lipinski definition) is 1. The van der Waals surface area contributed by atoms with Gasteiger partial charge in [0, 0.05) is 23.9 Å². The number of fused-ring (bicyclic) bond motifs is 3. The van der Waals surface area contributed by atoms with Crippen LogP contribution in [0, 0.1) is 0 Å². The molecule has 0 spiro atoms. The third-order valence-electron chi connectivity index (χ3n) is 5.57. The van der Waals surface area contributed by atoms with Crippen molar-refractivity contribution >= 4 is 0 Å². The Balaban J connectivity index is 1.84. The van der Waals surface area contributed by atoms with Gasteiger partial charge in [-0.15, -0.1) is 0 Å². The van der Waals surface area contributed by atoms with E-state index in [2.05, 4.69) is 41.4 Å². The number of benzene rings is 3. The molecule has 2 nitrogen and oxygen atoms in total. The average molecular weight is 349 g/mol. The fourth-order valence-corrected chi connectivity index (χ4v) is 4.39. The van der Waals surface area contributed by atoms with Gasteiger partial charge in [-0.1, -0.05) is 84.9 Å². The summed E-state index contributed by atoms with van der Waals surface area (Å²) in [6.45, 7) is 0. The van der Waals surface area contributed by atoms with Crippen LogP contribution in [0.1, 0.15) is 28.2 Å². The molecular formula is C25H19NO. The Morgan fingerprint density at radius 1 is 0.630 bits per heavy atom. The average Bonchev–Trinajstić information content (AvgIpc) is 3.09. The van der Waals surface area contributed by atoms with Gasteiger partial charge in [0.05, 0.1) is 0 Å². The molecule has 1 unspecified atom stereocenters. The van der Waals surface area contributed by atoms with E-state index in [1.807, 2.05) is 54.6 Å². The lowest BCUT2D eigenvalue weighted by Gasteiger charge is -2.36. The summed E-state index contributed by atoms with van der Waals surface area (Å²) in [4.78, 5) is 4.30. The first kappa shape index (κ1) is 16.0. The van der Waals surface area contributed by atoms with E-state index < -0.39 is 5.60 Å². The van der Waals surface area contributed by atoms with Crippen LogP contribution in [0.25, 0.3) is 11.1 Å². The monoisotopic (exact) mass is 349 g/mol. The summed E-state index contributed by atoms with van der Waals surface area (Å²) in [6.07, 6.45) is 3.52. The lowest BCUT2D eigenvalue weighted by Crippen LogP contribution is -2.35. The second-order valence-electron chi connectivity index (χ2n) is 6.98. The standard InChI is InChI=1S/C25H19NO/c27-25(18-9-2-1-3-10-18,19-11-8-16-26-17-19)24-22-14-6-4-12-20(22)21-13-5-7-15-23(21)24/h1-17,24,27H. The van der Waals surface area contributed by atoms with Crippen molar-refractivity contribution in [3.05, 3.63) is 126 Å². The Kier molecular flexibility index (Phi) is 3.66. The van der Waals surface area contributed by atoms with Crippen LogP contribution in [0.4, 0.5) is 0 Å². The summed E-state index contributed by atoms with van der Waals surface area (Å²) < 4.78 is 0. The molecule has 1 aliphatic carbocycles. The third-order valence-corrected chi connectivity index (χ3v) is 5.57. The van der Waals surface area contributed by atoms with E-state index in [9.17, 15) is 5.11 Å². The van der Waals surface area contributed by atoms with Gasteiger partial charge in [-0.2, -0.15) is 0 Å². The first-order valence-corrected chi connectivity index (χ1v) is 9.17. The molecule has 0 bridgehead atoms. The molecule has 1 atom stereocenters. The van der Waals surface area contributed by atoms with E-state index in [1.165, 1.54) is 11.1 Å². The van der Waals surface area contributed by atoms with Gasteiger partial charge in [-0.05, 0) is 33.9 Å². The van der Waals surface area contributed by atoms with Gasteiger partial charge < -0.3 is 5.11 Å². The molecule has 0 radical (unpaired) electrons. The molecule has 0 saturated heterocycles. The highest BCUT2D eigenvalue weighted by Crippen LogP contribution is 2.54. The van der Waals surface area contributed by atoms with E-state index >= 15 is 0 Å². The molecule has 0 saturated carbocycles. The van der Waals surface area contributed by atoms with Crippen LogP contribution in [0.3, 0.4) is 0 Å². The molecule has 3 aromatic carbocycles. The van der Waals surface area contributed by atoms with E-state index in [1.54, 1.807) is 12.4 Å². The summed E-state index contributed by atoms with van der Waals surface area (Å²) in [5, 5.41) is 12.3. The van der Waals surface area contributed by atoms with Crippen LogP contribution in [0.2, 0.25) is 0 Å². The zero-order valence-corrected chi connectivity index (χ0v) is 14.8. The molecule has 130 valence electrons. The van der Waals surface area contributed by atoms with Gasteiger partial charge in [0.25, 0.3) is 0 Å². The first-order valence-electron chi connectivity index (χ1n) is 9.17. The van der Waals surface area contributed by atoms with Crippen LogP contribution in [-0.2, 0) is 5.60 Å². The second kappa shape index (κ2) is 6.19. The van der Waals surface area contributed by atoms with Crippen molar-refractivity contribution < 1.29 is 5.11 Å². The van der Waals surface area contributed by atoms with E-state index in [-0.39, 0.29) is 5.92 Å². The highest BCUT2D eigenvalue weighted by atomic mass is 16.3. The van der Waals surface area contributed by atoms with Crippen LogP contribution < -0.4 is 0 Å². The Labute approximate surface area is 158 Å². The molecule has 1 aliphatic rings. The molecule has 0 amide bonds. The fraction of sp³-hybridized carbons (Fsp3) is 0.0800. The number of rotatable bonds is 3. The number of nitrogens with zero attached hydrogens (tertiary/aromatic N) is 1. The van der Waals surface area contributed by atoms with Gasteiger partial charge in [0.15, 0.2) is 0 Å². The van der Waals surface area contributed by atoms with Gasteiger partial charge in [0.2, 0.25) is 0 Å². The van der Waals surface area contributed by atoms with Gasteiger partial charge >= 0.3 is 0 Å². The smallest absolute Gasteiger partial charge is 0.127 e. The van der Waals surface area contributed by atoms with Crippen molar-refractivity contribution in [2.45, 2.75) is 11.5 Å². The zero-order valence-electron chi connectivity index (χ0n) is 14.8. The maximum Gasteiger partial charge on any atom is 0.127 e. The third kappa shape index (κ3) is 2.34. The lowest BCUT2D eigenvalue weighted by atomic mass is 9.72. The SMILES string of the molecule is OC(c1ccccc1)(c1cccnc1)C1c2ccccc2-c2ccccc21. The largest absolute Gasteiger partial charge is 0.379 e. The highest BCUT2D eigenvalue weighted by molar-refractivity contribution is 5.80. The molecule has 1 aromatic heterocycles. The minimum absolute atomic E-state index is 0.198. The van der Waals surface area contributed by atoms with Crippen LogP contribution >= 0.6 is 0 Å². The Hall–Kier alpha value is -3.23. The van der Waals surface area contributed by atoms with Crippen LogP contribution in [0.5, 0.6) is 0 Å². The van der Waals surface area contributed by atoms with Crippen molar-refractivity contribution in [3.63, 3.8) is 0 Å². The molecule has 1 heterocycles. The summed E-state index contributed by atoms with van der Waals surface area (Å²) in [7, 11) is 0. The zero-order chi connectivity index (χ0) is 18.3. The van der Waals surface area contributed by atoms with Crippen molar-refractivity contribution in [2.24, 2.45) is 0 Å². The molecule has 1 N–H and O–H groups in total. The number of aliphatic hydroxyl groups is 1.